The van der Waals surface area contributed by atoms with Gasteiger partial charge < -0.3 is 21.9 Å². The average Bonchev–Trinajstić information content (AvgIpc) is 2.52. The molecule has 0 aromatic heterocycles. The molecule has 0 aliphatic carbocycles. The van der Waals surface area contributed by atoms with Gasteiger partial charge in [-0.05, 0) is 12.1 Å². The summed E-state index contributed by atoms with van der Waals surface area (Å²) in [6, 6.07) is 9.89. The molecule has 1 aromatic rings. The highest BCUT2D eigenvalue weighted by Gasteiger charge is 2.07. The Kier molecular flexibility index (Phi) is 9.37. The molecular weight excluding hydrogens is 286 g/mol. The zero-order chi connectivity index (χ0) is 13.9. The van der Waals surface area contributed by atoms with E-state index in [-0.39, 0.29) is 12.4 Å². The van der Waals surface area contributed by atoms with Crippen molar-refractivity contribution in [2.45, 2.75) is 0 Å². The minimum absolute atomic E-state index is 0. The van der Waals surface area contributed by atoms with Crippen LogP contribution in [0.4, 0.5) is 0 Å². The van der Waals surface area contributed by atoms with Crippen LogP contribution < -0.4 is 12.4 Å². The highest BCUT2D eigenvalue weighted by atomic mass is 35.5. The quantitative estimate of drug-likeness (QED) is 0.496. The number of benzene rings is 1. The normalized spacial score (nSPS) is 14.1. The third-order valence-corrected chi connectivity index (χ3v) is 2.89. The van der Waals surface area contributed by atoms with Crippen molar-refractivity contribution >= 4 is 0 Å². The van der Waals surface area contributed by atoms with Crippen LogP contribution in [0.1, 0.15) is 5.56 Å². The average molecular weight is 305 g/mol. The van der Waals surface area contributed by atoms with Gasteiger partial charge in [0.15, 0.2) is 0 Å². The number of rotatable bonds is 3. The molecule has 0 saturated carbocycles. The molecule has 0 atom stereocenters. The molecule has 1 fully saturated rings. The molecule has 1 heterocycles. The summed E-state index contributed by atoms with van der Waals surface area (Å²) in [5.41, 5.74) is 1.01. The molecule has 21 heavy (non-hydrogen) atoms. The predicted octanol–water partition coefficient (Wildman–Crippen LogP) is -1.61. The van der Waals surface area contributed by atoms with Crippen LogP contribution >= 0.6 is 0 Å². The molecule has 112 valence electrons. The number of nitrogens with zero attached hydrogens (tertiary/aromatic N) is 1. The van der Waals surface area contributed by atoms with Gasteiger partial charge in [-0.1, -0.05) is 41.9 Å². The molecule has 3 nitrogen and oxygen atoms in total. The largest absolute Gasteiger partial charge is 1.00 e. The van der Waals surface area contributed by atoms with Gasteiger partial charge in [0.05, 0.1) is 19.8 Å². The van der Waals surface area contributed by atoms with E-state index in [0.717, 1.165) is 38.4 Å². The van der Waals surface area contributed by atoms with E-state index in [4.69, 9.17) is 9.47 Å². The fourth-order valence-electron chi connectivity index (χ4n) is 1.79. The Balaban J connectivity index is 0.00000220. The lowest BCUT2D eigenvalue weighted by atomic mass is 10.2. The summed E-state index contributed by atoms with van der Waals surface area (Å²) < 4.78 is 10.6. The molecule has 0 bridgehead atoms. The van der Waals surface area contributed by atoms with Gasteiger partial charge in [-0.2, -0.15) is 0 Å². The lowest BCUT2D eigenvalue weighted by Crippen LogP contribution is -3.00. The minimum Gasteiger partial charge on any atom is -1.00 e. The Bertz CT molecular complexity index is 504. The summed E-state index contributed by atoms with van der Waals surface area (Å²) in [4.78, 5) is 2.28. The zero-order valence-electron chi connectivity index (χ0n) is 12.0. The number of hydrogen-bond acceptors (Lipinski definition) is 3. The Morgan fingerprint density at radius 1 is 1.00 bits per heavy atom. The number of hydrogen-bond donors (Lipinski definition) is 0. The van der Waals surface area contributed by atoms with Crippen LogP contribution in [0.2, 0.25) is 0 Å². The SMILES string of the molecule is C(#CCN1CCOCC1)COCC#Cc1ccccc1.[Cl-]. The van der Waals surface area contributed by atoms with Crippen molar-refractivity contribution in [3.05, 3.63) is 35.9 Å². The Hall–Kier alpha value is -1.49. The third kappa shape index (κ3) is 7.75. The van der Waals surface area contributed by atoms with Crippen LogP contribution in [0.25, 0.3) is 0 Å². The van der Waals surface area contributed by atoms with Crippen molar-refractivity contribution < 1.29 is 21.9 Å². The molecule has 1 saturated heterocycles. The van der Waals surface area contributed by atoms with Crippen LogP contribution in [-0.2, 0) is 9.47 Å². The molecule has 0 N–H and O–H groups in total. The van der Waals surface area contributed by atoms with Crippen LogP contribution in [0.15, 0.2) is 30.3 Å². The second-order valence-electron chi connectivity index (χ2n) is 4.40. The first-order valence-corrected chi connectivity index (χ1v) is 6.82. The molecule has 4 heteroatoms. The van der Waals surface area contributed by atoms with Crippen molar-refractivity contribution in [3.8, 4) is 23.7 Å². The molecule has 1 aliphatic heterocycles. The molecule has 0 amide bonds. The Labute approximate surface area is 133 Å². The van der Waals surface area contributed by atoms with E-state index < -0.39 is 0 Å². The molecule has 0 unspecified atom stereocenters. The van der Waals surface area contributed by atoms with Crippen molar-refractivity contribution in [2.75, 3.05) is 46.1 Å². The van der Waals surface area contributed by atoms with Crippen LogP contribution in [-0.4, -0.2) is 51.0 Å². The number of morpholine rings is 1. The Morgan fingerprint density at radius 3 is 2.48 bits per heavy atom. The van der Waals surface area contributed by atoms with E-state index >= 15 is 0 Å². The van der Waals surface area contributed by atoms with Gasteiger partial charge in [-0.25, -0.2) is 0 Å². The summed E-state index contributed by atoms with van der Waals surface area (Å²) in [6.07, 6.45) is 0. The van der Waals surface area contributed by atoms with E-state index in [1.165, 1.54) is 0 Å². The van der Waals surface area contributed by atoms with Crippen molar-refractivity contribution in [3.63, 3.8) is 0 Å². The van der Waals surface area contributed by atoms with E-state index in [1.807, 2.05) is 30.3 Å². The van der Waals surface area contributed by atoms with E-state index in [0.29, 0.717) is 13.2 Å². The first kappa shape index (κ1) is 17.6. The van der Waals surface area contributed by atoms with Gasteiger partial charge in [-0.3, -0.25) is 4.90 Å². The van der Waals surface area contributed by atoms with Crippen molar-refractivity contribution in [1.29, 1.82) is 0 Å². The number of ether oxygens (including phenoxy) is 2. The summed E-state index contributed by atoms with van der Waals surface area (Å²) in [5.74, 6) is 12.1. The molecule has 0 spiro atoms. The summed E-state index contributed by atoms with van der Waals surface area (Å²) in [7, 11) is 0. The maximum atomic E-state index is 5.35. The molecule has 2 rings (SSSR count). The standard InChI is InChI=1S/C17H19NO2.ClH/c1-2-7-17(8-3-1)9-6-14-19-13-5-4-10-18-11-15-20-16-12-18;/h1-3,7-8H,10-16H2;1H/p-1. The van der Waals surface area contributed by atoms with Gasteiger partial charge in [0.2, 0.25) is 0 Å². The van der Waals surface area contributed by atoms with Gasteiger partial charge >= 0.3 is 0 Å². The Morgan fingerprint density at radius 2 is 1.71 bits per heavy atom. The highest BCUT2D eigenvalue weighted by molar-refractivity contribution is 5.33. The first-order valence-electron chi connectivity index (χ1n) is 6.82. The van der Waals surface area contributed by atoms with Gasteiger partial charge in [-0.15, -0.1) is 0 Å². The highest BCUT2D eigenvalue weighted by Crippen LogP contribution is 1.95. The maximum Gasteiger partial charge on any atom is 0.109 e. The van der Waals surface area contributed by atoms with Crippen LogP contribution in [0.5, 0.6) is 0 Å². The molecular formula is C17H19ClNO2-. The lowest BCUT2D eigenvalue weighted by Gasteiger charge is -2.24. The molecule has 1 aromatic carbocycles. The fourth-order valence-corrected chi connectivity index (χ4v) is 1.79. The second-order valence-corrected chi connectivity index (χ2v) is 4.40. The second kappa shape index (κ2) is 11.2. The van der Waals surface area contributed by atoms with E-state index in [1.54, 1.807) is 0 Å². The summed E-state index contributed by atoms with van der Waals surface area (Å²) >= 11 is 0. The van der Waals surface area contributed by atoms with E-state index in [2.05, 4.69) is 28.6 Å². The summed E-state index contributed by atoms with van der Waals surface area (Å²) in [6.45, 7) is 5.22. The lowest BCUT2D eigenvalue weighted by molar-refractivity contribution is -0.00000593. The smallest absolute Gasteiger partial charge is 0.109 e. The first-order chi connectivity index (χ1) is 9.95. The topological polar surface area (TPSA) is 21.7 Å². The fraction of sp³-hybridized carbons (Fsp3) is 0.412. The van der Waals surface area contributed by atoms with Crippen molar-refractivity contribution in [1.82, 2.24) is 4.90 Å². The molecule has 1 aliphatic rings. The van der Waals surface area contributed by atoms with Crippen LogP contribution in [0.3, 0.4) is 0 Å². The number of halogens is 1. The minimum atomic E-state index is 0. The van der Waals surface area contributed by atoms with Gasteiger partial charge in [0.25, 0.3) is 0 Å². The molecule has 0 radical (unpaired) electrons. The van der Waals surface area contributed by atoms with Crippen molar-refractivity contribution in [2.24, 2.45) is 0 Å². The monoisotopic (exact) mass is 304 g/mol. The van der Waals surface area contributed by atoms with Gasteiger partial charge in [0, 0.05) is 18.7 Å². The maximum absolute atomic E-state index is 5.35. The predicted molar refractivity (Wildman–Crippen MR) is 79.2 cm³/mol. The van der Waals surface area contributed by atoms with Gasteiger partial charge in [0.1, 0.15) is 13.2 Å². The van der Waals surface area contributed by atoms with E-state index in [9.17, 15) is 0 Å². The summed E-state index contributed by atoms with van der Waals surface area (Å²) in [5, 5.41) is 0. The van der Waals surface area contributed by atoms with Crippen LogP contribution in [0, 0.1) is 23.7 Å². The zero-order valence-corrected chi connectivity index (χ0v) is 12.7. The third-order valence-electron chi connectivity index (χ3n) is 2.89.